The van der Waals surface area contributed by atoms with Crippen molar-refractivity contribution in [2.45, 2.75) is 53.4 Å². The molecule has 1 rings (SSSR count). The molecule has 0 fully saturated rings. The summed E-state index contributed by atoms with van der Waals surface area (Å²) in [5.74, 6) is 0.598. The summed E-state index contributed by atoms with van der Waals surface area (Å²) in [4.78, 5) is 10.7. The van der Waals surface area contributed by atoms with Crippen LogP contribution in [0.15, 0.2) is 30.3 Å². The molecule has 0 aliphatic carbocycles. The number of allylic oxidation sites excluding steroid dienone is 1. The van der Waals surface area contributed by atoms with Crippen LogP contribution in [0.1, 0.15) is 58.1 Å². The molecule has 0 bridgehead atoms. The van der Waals surface area contributed by atoms with Gasteiger partial charge in [-0.15, -0.1) is 0 Å². The number of hydrogen-bond donors (Lipinski definition) is 1. The second-order valence-electron chi connectivity index (χ2n) is 6.50. The summed E-state index contributed by atoms with van der Waals surface area (Å²) in [5.41, 5.74) is 3.10. The van der Waals surface area contributed by atoms with Crippen molar-refractivity contribution in [2.24, 2.45) is 11.8 Å². The Morgan fingerprint density at radius 1 is 1.14 bits per heavy atom. The highest BCUT2D eigenvalue weighted by Gasteiger charge is 2.05. The van der Waals surface area contributed by atoms with Gasteiger partial charge < -0.3 is 5.11 Å². The molecule has 116 valence electrons. The van der Waals surface area contributed by atoms with Crippen molar-refractivity contribution >= 4 is 11.5 Å². The van der Waals surface area contributed by atoms with Crippen molar-refractivity contribution in [1.82, 2.24) is 0 Å². The maximum Gasteiger partial charge on any atom is 0.328 e. The van der Waals surface area contributed by atoms with Crippen LogP contribution < -0.4 is 0 Å². The molecule has 1 aromatic carbocycles. The molecule has 21 heavy (non-hydrogen) atoms. The van der Waals surface area contributed by atoms with Crippen LogP contribution in [0.3, 0.4) is 0 Å². The lowest BCUT2D eigenvalue weighted by Crippen LogP contribution is -2.01. The van der Waals surface area contributed by atoms with Gasteiger partial charge in [-0.1, -0.05) is 64.3 Å². The number of aliphatic carboxylic acids is 1. The quantitative estimate of drug-likeness (QED) is 0.669. The van der Waals surface area contributed by atoms with Gasteiger partial charge in [-0.2, -0.15) is 0 Å². The average molecular weight is 288 g/mol. The van der Waals surface area contributed by atoms with E-state index >= 15 is 0 Å². The molecule has 2 heteroatoms. The topological polar surface area (TPSA) is 37.3 Å². The van der Waals surface area contributed by atoms with Crippen LogP contribution >= 0.6 is 0 Å². The Morgan fingerprint density at radius 3 is 2.29 bits per heavy atom. The number of benzene rings is 1. The minimum Gasteiger partial charge on any atom is -0.478 e. The molecule has 1 unspecified atom stereocenters. The molecule has 0 heterocycles. The molecule has 0 spiro atoms. The summed E-state index contributed by atoms with van der Waals surface area (Å²) in [6.07, 6.45) is 6.24. The van der Waals surface area contributed by atoms with Crippen molar-refractivity contribution in [1.29, 1.82) is 0 Å². The van der Waals surface area contributed by atoms with Crippen molar-refractivity contribution in [3.63, 3.8) is 0 Å². The third-order valence-corrected chi connectivity index (χ3v) is 3.81. The third kappa shape index (κ3) is 7.12. The summed E-state index contributed by atoms with van der Waals surface area (Å²) < 4.78 is 0. The Bertz CT molecular complexity index is 469. The number of rotatable bonds is 8. The van der Waals surface area contributed by atoms with Gasteiger partial charge >= 0.3 is 5.97 Å². The van der Waals surface area contributed by atoms with Crippen LogP contribution in [0, 0.1) is 11.8 Å². The van der Waals surface area contributed by atoms with E-state index in [4.69, 9.17) is 5.11 Å². The van der Waals surface area contributed by atoms with Gasteiger partial charge in [-0.3, -0.25) is 0 Å². The van der Waals surface area contributed by atoms with E-state index in [1.165, 1.54) is 30.9 Å². The van der Waals surface area contributed by atoms with Crippen molar-refractivity contribution in [2.75, 3.05) is 0 Å². The monoisotopic (exact) mass is 288 g/mol. The van der Waals surface area contributed by atoms with Crippen LogP contribution in [0.25, 0.3) is 5.57 Å². The van der Waals surface area contributed by atoms with Crippen LogP contribution in [-0.2, 0) is 11.2 Å². The Balaban J connectivity index is 2.52. The normalized spacial score (nSPS) is 13.5. The van der Waals surface area contributed by atoms with Crippen LogP contribution in [0.4, 0.5) is 0 Å². The first-order valence-corrected chi connectivity index (χ1v) is 7.89. The number of hydrogen-bond acceptors (Lipinski definition) is 1. The van der Waals surface area contributed by atoms with E-state index in [1.807, 2.05) is 19.1 Å². The average Bonchev–Trinajstić information content (AvgIpc) is 2.38. The first-order chi connectivity index (χ1) is 9.88. The Kier molecular flexibility index (Phi) is 7.21. The number of carboxylic acid groups (broad SMARTS) is 1. The smallest absolute Gasteiger partial charge is 0.328 e. The molecular formula is C19H28O2. The molecule has 2 nitrogen and oxygen atoms in total. The molecule has 0 aromatic heterocycles. The van der Waals surface area contributed by atoms with Crippen LogP contribution in [0.2, 0.25) is 0 Å². The van der Waals surface area contributed by atoms with Gasteiger partial charge in [0.25, 0.3) is 0 Å². The SMILES string of the molecule is CC(=CC(=O)O)c1ccc(CC(C)CCCC(C)C)cc1. The number of carboxylic acids is 1. The van der Waals surface area contributed by atoms with Crippen LogP contribution in [0.5, 0.6) is 0 Å². The first-order valence-electron chi connectivity index (χ1n) is 7.89. The van der Waals surface area contributed by atoms with Crippen molar-refractivity contribution < 1.29 is 9.90 Å². The summed E-state index contributed by atoms with van der Waals surface area (Å²) in [6.45, 7) is 8.69. The van der Waals surface area contributed by atoms with E-state index in [-0.39, 0.29) is 0 Å². The second-order valence-corrected chi connectivity index (χ2v) is 6.50. The van der Waals surface area contributed by atoms with E-state index in [0.29, 0.717) is 5.92 Å². The van der Waals surface area contributed by atoms with Crippen molar-refractivity contribution in [3.05, 3.63) is 41.5 Å². The lowest BCUT2D eigenvalue weighted by Gasteiger charge is -2.13. The highest BCUT2D eigenvalue weighted by molar-refractivity contribution is 5.89. The highest BCUT2D eigenvalue weighted by atomic mass is 16.4. The summed E-state index contributed by atoms with van der Waals surface area (Å²) in [7, 11) is 0. The molecule has 0 saturated heterocycles. The maximum atomic E-state index is 10.7. The van der Waals surface area contributed by atoms with Crippen molar-refractivity contribution in [3.8, 4) is 0 Å². The fraction of sp³-hybridized carbons (Fsp3) is 0.526. The molecule has 1 atom stereocenters. The predicted molar refractivity (Wildman–Crippen MR) is 89.3 cm³/mol. The zero-order chi connectivity index (χ0) is 15.8. The molecule has 0 aliphatic rings. The first kappa shape index (κ1) is 17.5. The van der Waals surface area contributed by atoms with Gasteiger partial charge in [0.05, 0.1) is 0 Å². The van der Waals surface area contributed by atoms with Gasteiger partial charge in [0.15, 0.2) is 0 Å². The van der Waals surface area contributed by atoms with Gasteiger partial charge in [0, 0.05) is 6.08 Å². The lowest BCUT2D eigenvalue weighted by atomic mass is 9.93. The standard InChI is InChI=1S/C19H28O2/c1-14(2)6-5-7-15(3)12-17-8-10-18(11-9-17)16(4)13-19(20)21/h8-11,13-15H,5-7,12H2,1-4H3,(H,20,21). The highest BCUT2D eigenvalue weighted by Crippen LogP contribution is 2.19. The fourth-order valence-electron chi connectivity index (χ4n) is 2.55. The summed E-state index contributed by atoms with van der Waals surface area (Å²) in [6, 6.07) is 8.27. The predicted octanol–water partition coefficient (Wildman–Crippen LogP) is 5.18. The van der Waals surface area contributed by atoms with E-state index in [1.54, 1.807) is 0 Å². The van der Waals surface area contributed by atoms with E-state index in [9.17, 15) is 4.79 Å². The fourth-order valence-corrected chi connectivity index (χ4v) is 2.55. The van der Waals surface area contributed by atoms with Crippen LogP contribution in [-0.4, -0.2) is 11.1 Å². The summed E-state index contributed by atoms with van der Waals surface area (Å²) in [5, 5.41) is 8.76. The van der Waals surface area contributed by atoms with Gasteiger partial charge in [0.2, 0.25) is 0 Å². The molecule has 0 aliphatic heterocycles. The minimum absolute atomic E-state index is 0.699. The minimum atomic E-state index is -0.893. The second kappa shape index (κ2) is 8.66. The van der Waals surface area contributed by atoms with E-state index in [2.05, 4.69) is 32.9 Å². The summed E-state index contributed by atoms with van der Waals surface area (Å²) >= 11 is 0. The molecule has 0 amide bonds. The third-order valence-electron chi connectivity index (χ3n) is 3.81. The molecule has 1 N–H and O–H groups in total. The van der Waals surface area contributed by atoms with E-state index in [0.717, 1.165) is 23.5 Å². The molecule has 0 radical (unpaired) electrons. The zero-order valence-electron chi connectivity index (χ0n) is 13.7. The molecular weight excluding hydrogens is 260 g/mol. The largest absolute Gasteiger partial charge is 0.478 e. The lowest BCUT2D eigenvalue weighted by molar-refractivity contribution is -0.131. The maximum absolute atomic E-state index is 10.7. The van der Waals surface area contributed by atoms with Gasteiger partial charge in [-0.05, 0) is 41.9 Å². The molecule has 0 saturated carbocycles. The Hall–Kier alpha value is -1.57. The molecule has 1 aromatic rings. The van der Waals surface area contributed by atoms with E-state index < -0.39 is 5.97 Å². The van der Waals surface area contributed by atoms with Gasteiger partial charge in [-0.25, -0.2) is 4.79 Å². The Labute approximate surface area is 128 Å². The number of carbonyl (C=O) groups is 1. The zero-order valence-corrected chi connectivity index (χ0v) is 13.7. The Morgan fingerprint density at radius 2 is 1.76 bits per heavy atom. The van der Waals surface area contributed by atoms with Gasteiger partial charge in [0.1, 0.15) is 0 Å².